The van der Waals surface area contributed by atoms with Crippen LogP contribution in [0.5, 0.6) is 0 Å². The fourth-order valence-electron chi connectivity index (χ4n) is 4.87. The van der Waals surface area contributed by atoms with Crippen LogP contribution in [-0.2, 0) is 21.5 Å². The summed E-state index contributed by atoms with van der Waals surface area (Å²) in [7, 11) is 1.66. The minimum absolute atomic E-state index is 0.129. The maximum Gasteiger partial charge on any atom is 0.254 e. The summed E-state index contributed by atoms with van der Waals surface area (Å²) >= 11 is 0. The van der Waals surface area contributed by atoms with Crippen LogP contribution >= 0.6 is 0 Å². The third-order valence-corrected chi connectivity index (χ3v) is 6.35. The summed E-state index contributed by atoms with van der Waals surface area (Å²) < 4.78 is 10.9. The van der Waals surface area contributed by atoms with Gasteiger partial charge in [0.2, 0.25) is 0 Å². The lowest BCUT2D eigenvalue weighted by Crippen LogP contribution is -2.55. The van der Waals surface area contributed by atoms with Crippen LogP contribution in [0, 0.1) is 13.8 Å². The van der Waals surface area contributed by atoms with E-state index >= 15 is 0 Å². The lowest BCUT2D eigenvalue weighted by atomic mass is 9.81. The topological polar surface area (TPSA) is 105 Å². The van der Waals surface area contributed by atoms with E-state index in [1.165, 1.54) is 0 Å². The van der Waals surface area contributed by atoms with Gasteiger partial charge in [-0.3, -0.25) is 10.1 Å². The van der Waals surface area contributed by atoms with Crippen LogP contribution in [0.4, 0.5) is 5.69 Å². The van der Waals surface area contributed by atoms with E-state index in [4.69, 9.17) is 9.26 Å². The number of fused-ring (bicyclic) bond motifs is 1. The normalized spacial score (nSPS) is 18.0. The second-order valence-electron chi connectivity index (χ2n) is 8.61. The van der Waals surface area contributed by atoms with Crippen molar-refractivity contribution in [3.63, 3.8) is 0 Å². The van der Waals surface area contributed by atoms with Gasteiger partial charge in [0.15, 0.2) is 5.54 Å². The highest BCUT2D eigenvalue weighted by molar-refractivity contribution is 6.09. The number of carbonyl (C=O) groups excluding carboxylic acids is 1. The molecule has 3 N–H and O–H groups in total. The number of nitrogens with zero attached hydrogens (tertiary/aromatic N) is 2. The van der Waals surface area contributed by atoms with Gasteiger partial charge in [0.1, 0.15) is 5.76 Å². The fourth-order valence-corrected chi connectivity index (χ4v) is 4.87. The third-order valence-electron chi connectivity index (χ3n) is 6.35. The molecule has 8 nitrogen and oxygen atoms in total. The first kappa shape index (κ1) is 22.1. The van der Waals surface area contributed by atoms with Gasteiger partial charge >= 0.3 is 0 Å². The standard InChI is InChI=1S/C26H27N5O3/c1-16-24(17(2)34-31-16)18-9-10-23-22(11-18)26(25(32)29-23,19-7-5-4-6-8-19)30-21(14-33-3)12-20-13-27-15-28-20/h4-11,13,15,21,30H,12,14H2,1-3H3,(H,27,28)(H,29,32)/t21-,26?/m1/s1. The van der Waals surface area contributed by atoms with Crippen molar-refractivity contribution in [2.45, 2.75) is 31.8 Å². The number of hydrogen-bond acceptors (Lipinski definition) is 6. The Balaban J connectivity index is 1.66. The summed E-state index contributed by atoms with van der Waals surface area (Å²) in [5.41, 5.74) is 5.04. The molecule has 1 amide bonds. The molecule has 2 atom stereocenters. The number of anilines is 1. The van der Waals surface area contributed by atoms with Crippen LogP contribution in [-0.4, -0.2) is 40.8 Å². The van der Waals surface area contributed by atoms with E-state index in [-0.39, 0.29) is 11.9 Å². The van der Waals surface area contributed by atoms with Gasteiger partial charge in [0.05, 0.1) is 18.6 Å². The van der Waals surface area contributed by atoms with Crippen LogP contribution in [0.3, 0.4) is 0 Å². The molecule has 1 aliphatic heterocycles. The van der Waals surface area contributed by atoms with Gasteiger partial charge in [-0.15, -0.1) is 0 Å². The van der Waals surface area contributed by atoms with Gasteiger partial charge in [0, 0.05) is 48.3 Å². The Morgan fingerprint density at radius 2 is 2.00 bits per heavy atom. The van der Waals surface area contributed by atoms with E-state index in [1.54, 1.807) is 19.6 Å². The van der Waals surface area contributed by atoms with Gasteiger partial charge < -0.3 is 19.6 Å². The van der Waals surface area contributed by atoms with Gasteiger partial charge in [-0.2, -0.15) is 0 Å². The number of ether oxygens (including phenoxy) is 1. The Hall–Kier alpha value is -3.75. The van der Waals surface area contributed by atoms with E-state index < -0.39 is 5.54 Å². The Kier molecular flexibility index (Phi) is 5.77. The third kappa shape index (κ3) is 3.70. The Morgan fingerprint density at radius 3 is 2.68 bits per heavy atom. The molecule has 1 aliphatic rings. The van der Waals surface area contributed by atoms with Gasteiger partial charge in [0.25, 0.3) is 5.91 Å². The van der Waals surface area contributed by atoms with Crippen molar-refractivity contribution in [3.05, 3.63) is 89.3 Å². The Labute approximate surface area is 197 Å². The monoisotopic (exact) mass is 457 g/mol. The van der Waals surface area contributed by atoms with Crippen LogP contribution in [0.1, 0.15) is 28.3 Å². The number of amides is 1. The van der Waals surface area contributed by atoms with Crippen molar-refractivity contribution in [3.8, 4) is 11.1 Å². The molecular formula is C26H27N5O3. The summed E-state index contributed by atoms with van der Waals surface area (Å²) in [6, 6.07) is 15.6. The smallest absolute Gasteiger partial charge is 0.254 e. The predicted octanol–water partition coefficient (Wildman–Crippen LogP) is 3.72. The number of benzene rings is 2. The molecule has 0 spiro atoms. The van der Waals surface area contributed by atoms with Crippen LogP contribution in [0.2, 0.25) is 0 Å². The second kappa shape index (κ2) is 8.89. The number of rotatable bonds is 8. The lowest BCUT2D eigenvalue weighted by molar-refractivity contribution is -0.121. The number of aromatic nitrogens is 3. The molecule has 0 radical (unpaired) electrons. The molecule has 174 valence electrons. The molecule has 0 fully saturated rings. The number of imidazole rings is 1. The molecule has 4 aromatic rings. The first-order chi connectivity index (χ1) is 16.5. The van der Waals surface area contributed by atoms with Crippen LogP contribution in [0.15, 0.2) is 65.6 Å². The van der Waals surface area contributed by atoms with Crippen LogP contribution < -0.4 is 10.6 Å². The van der Waals surface area contributed by atoms with Crippen molar-refractivity contribution in [1.29, 1.82) is 0 Å². The van der Waals surface area contributed by atoms with E-state index in [0.717, 1.165) is 45.1 Å². The first-order valence-electron chi connectivity index (χ1n) is 11.2. The Bertz CT molecular complexity index is 1280. The largest absolute Gasteiger partial charge is 0.383 e. The SMILES string of the molecule is COC[C@@H](Cc1cnc[nH]1)NC1(c2ccccc2)C(=O)Nc2ccc(-c3c(C)noc3C)cc21. The molecule has 2 aromatic carbocycles. The maximum atomic E-state index is 13.8. The van der Waals surface area contributed by atoms with E-state index in [2.05, 4.69) is 31.8 Å². The zero-order valence-electron chi connectivity index (χ0n) is 19.4. The highest BCUT2D eigenvalue weighted by Crippen LogP contribution is 2.44. The first-order valence-corrected chi connectivity index (χ1v) is 11.2. The molecule has 0 bridgehead atoms. The van der Waals surface area contributed by atoms with Crippen molar-refractivity contribution >= 4 is 11.6 Å². The number of carbonyl (C=O) groups is 1. The quantitative estimate of drug-likeness (QED) is 0.372. The molecule has 34 heavy (non-hydrogen) atoms. The highest BCUT2D eigenvalue weighted by atomic mass is 16.5. The molecule has 2 aromatic heterocycles. The minimum atomic E-state index is -1.10. The summed E-state index contributed by atoms with van der Waals surface area (Å²) in [6.07, 6.45) is 4.06. The molecule has 0 saturated heterocycles. The average molecular weight is 458 g/mol. The second-order valence-corrected chi connectivity index (χ2v) is 8.61. The minimum Gasteiger partial charge on any atom is -0.383 e. The lowest BCUT2D eigenvalue weighted by Gasteiger charge is -2.34. The van der Waals surface area contributed by atoms with Gasteiger partial charge in [-0.1, -0.05) is 41.6 Å². The zero-order valence-corrected chi connectivity index (χ0v) is 19.4. The number of aromatic amines is 1. The summed E-state index contributed by atoms with van der Waals surface area (Å²) in [6.45, 7) is 4.23. The molecule has 0 saturated carbocycles. The summed E-state index contributed by atoms with van der Waals surface area (Å²) in [5.74, 6) is 0.611. The summed E-state index contributed by atoms with van der Waals surface area (Å²) in [5, 5.41) is 10.9. The zero-order chi connectivity index (χ0) is 23.7. The van der Waals surface area contributed by atoms with Gasteiger partial charge in [-0.05, 0) is 37.1 Å². The number of aryl methyl sites for hydroxylation is 2. The molecule has 1 unspecified atom stereocenters. The molecular weight excluding hydrogens is 430 g/mol. The average Bonchev–Trinajstić information content (AvgIpc) is 3.54. The highest BCUT2D eigenvalue weighted by Gasteiger charge is 2.49. The number of methoxy groups -OCH3 is 1. The van der Waals surface area contributed by atoms with Crippen LogP contribution in [0.25, 0.3) is 11.1 Å². The molecule has 8 heteroatoms. The van der Waals surface area contributed by atoms with Crippen molar-refractivity contribution in [2.75, 3.05) is 19.0 Å². The fraction of sp³-hybridized carbons (Fsp3) is 0.269. The molecule has 0 aliphatic carbocycles. The molecule has 3 heterocycles. The van der Waals surface area contributed by atoms with Gasteiger partial charge in [-0.25, -0.2) is 4.98 Å². The van der Waals surface area contributed by atoms with Crippen molar-refractivity contribution in [1.82, 2.24) is 20.4 Å². The van der Waals surface area contributed by atoms with Crippen molar-refractivity contribution in [2.24, 2.45) is 0 Å². The van der Waals surface area contributed by atoms with E-state index in [9.17, 15) is 4.79 Å². The number of hydrogen-bond donors (Lipinski definition) is 3. The van der Waals surface area contributed by atoms with E-state index in [1.807, 2.05) is 56.3 Å². The number of nitrogens with one attached hydrogen (secondary N) is 3. The summed E-state index contributed by atoms with van der Waals surface area (Å²) in [4.78, 5) is 21.0. The number of H-pyrrole nitrogens is 1. The predicted molar refractivity (Wildman–Crippen MR) is 128 cm³/mol. The maximum absolute atomic E-state index is 13.8. The Morgan fingerprint density at radius 1 is 1.18 bits per heavy atom. The van der Waals surface area contributed by atoms with E-state index in [0.29, 0.717) is 13.0 Å². The molecule has 5 rings (SSSR count). The van der Waals surface area contributed by atoms with Crippen molar-refractivity contribution < 1.29 is 14.1 Å².